The summed E-state index contributed by atoms with van der Waals surface area (Å²) in [7, 11) is 2.16. The van der Waals surface area contributed by atoms with E-state index >= 15 is 0 Å². The molecule has 0 bridgehead atoms. The van der Waals surface area contributed by atoms with Crippen LogP contribution in [0.5, 0.6) is 0 Å². The molecule has 0 saturated heterocycles. The van der Waals surface area contributed by atoms with Gasteiger partial charge in [0.2, 0.25) is 0 Å². The summed E-state index contributed by atoms with van der Waals surface area (Å²) < 4.78 is 0. The fraction of sp³-hybridized carbons (Fsp3) is 0.500. The van der Waals surface area contributed by atoms with Gasteiger partial charge in [-0.1, -0.05) is 0 Å². The van der Waals surface area contributed by atoms with Crippen LogP contribution in [0.2, 0.25) is 0 Å². The molecule has 16 heavy (non-hydrogen) atoms. The van der Waals surface area contributed by atoms with Gasteiger partial charge >= 0.3 is 0 Å². The van der Waals surface area contributed by atoms with Crippen LogP contribution in [0.1, 0.15) is 18.4 Å². The largest absolute Gasteiger partial charge is 0.369 e. The predicted molar refractivity (Wildman–Crippen MR) is 63.1 cm³/mol. The van der Waals surface area contributed by atoms with Crippen LogP contribution in [-0.4, -0.2) is 36.1 Å². The van der Waals surface area contributed by atoms with Gasteiger partial charge in [-0.05, 0) is 32.0 Å². The van der Waals surface area contributed by atoms with Crippen LogP contribution in [-0.2, 0) is 0 Å². The molecule has 1 heterocycles. The summed E-state index contributed by atoms with van der Waals surface area (Å²) in [6, 6.07) is 6.48. The molecule has 1 aliphatic carbocycles. The Balaban J connectivity index is 1.74. The molecular weight excluding hydrogens is 200 g/mol. The van der Waals surface area contributed by atoms with Crippen molar-refractivity contribution in [2.45, 2.75) is 18.9 Å². The number of pyridine rings is 1. The van der Waals surface area contributed by atoms with Gasteiger partial charge in [0.15, 0.2) is 0 Å². The number of nitrogens with one attached hydrogen (secondary N) is 1. The Morgan fingerprint density at radius 3 is 2.94 bits per heavy atom. The van der Waals surface area contributed by atoms with Crippen LogP contribution in [0.25, 0.3) is 0 Å². The monoisotopic (exact) mass is 216 g/mol. The number of hydrogen-bond acceptors (Lipinski definition) is 4. The zero-order chi connectivity index (χ0) is 11.4. The van der Waals surface area contributed by atoms with E-state index in [9.17, 15) is 0 Å². The highest BCUT2D eigenvalue weighted by atomic mass is 15.2. The minimum Gasteiger partial charge on any atom is -0.369 e. The highest BCUT2D eigenvalue weighted by Crippen LogP contribution is 2.24. The molecule has 0 amide bonds. The summed E-state index contributed by atoms with van der Waals surface area (Å²) in [5.41, 5.74) is 0.598. The second kappa shape index (κ2) is 4.95. The Morgan fingerprint density at radius 2 is 2.38 bits per heavy atom. The third kappa shape index (κ3) is 2.94. The first-order valence-electron chi connectivity index (χ1n) is 5.60. The molecule has 0 radical (unpaired) electrons. The summed E-state index contributed by atoms with van der Waals surface area (Å²) in [5.74, 6) is 0.836. The zero-order valence-electron chi connectivity index (χ0n) is 9.48. The van der Waals surface area contributed by atoms with Crippen LogP contribution >= 0.6 is 0 Å². The molecule has 0 aliphatic heterocycles. The van der Waals surface area contributed by atoms with Gasteiger partial charge in [-0.2, -0.15) is 5.26 Å². The number of likely N-dealkylation sites (N-methyl/N-ethyl adjacent to an activating group) is 1. The van der Waals surface area contributed by atoms with Crippen molar-refractivity contribution in [1.82, 2.24) is 9.88 Å². The molecular formula is C12H16N4. The smallest absolute Gasteiger partial charge is 0.126 e. The molecule has 0 unspecified atom stereocenters. The summed E-state index contributed by atoms with van der Waals surface area (Å²) in [6.45, 7) is 1.93. The number of anilines is 1. The fourth-order valence-corrected chi connectivity index (χ4v) is 1.62. The molecule has 1 aromatic heterocycles. The van der Waals surface area contributed by atoms with E-state index in [4.69, 9.17) is 5.26 Å². The second-order valence-electron chi connectivity index (χ2n) is 4.18. The Morgan fingerprint density at radius 1 is 1.56 bits per heavy atom. The van der Waals surface area contributed by atoms with Gasteiger partial charge < -0.3 is 10.2 Å². The fourth-order valence-electron chi connectivity index (χ4n) is 1.62. The number of hydrogen-bond donors (Lipinski definition) is 1. The van der Waals surface area contributed by atoms with E-state index in [1.807, 2.05) is 6.07 Å². The summed E-state index contributed by atoms with van der Waals surface area (Å²) in [6.07, 6.45) is 4.27. The molecule has 1 N–H and O–H groups in total. The molecule has 2 rings (SSSR count). The Hall–Kier alpha value is -1.60. The van der Waals surface area contributed by atoms with Gasteiger partial charge in [0.1, 0.15) is 11.9 Å². The van der Waals surface area contributed by atoms with Crippen LogP contribution in [0, 0.1) is 11.3 Å². The van der Waals surface area contributed by atoms with Crippen molar-refractivity contribution >= 4 is 5.82 Å². The molecule has 1 aromatic rings. The predicted octanol–water partition coefficient (Wildman–Crippen LogP) is 1.46. The van der Waals surface area contributed by atoms with Crippen LogP contribution in [0.4, 0.5) is 5.82 Å². The van der Waals surface area contributed by atoms with Crippen molar-refractivity contribution in [1.29, 1.82) is 5.26 Å². The van der Waals surface area contributed by atoms with Crippen LogP contribution in [0.15, 0.2) is 18.3 Å². The maximum atomic E-state index is 8.63. The highest BCUT2D eigenvalue weighted by molar-refractivity contribution is 5.38. The first kappa shape index (κ1) is 10.9. The van der Waals surface area contributed by atoms with E-state index in [1.54, 1.807) is 12.3 Å². The Bertz CT molecular complexity index is 375. The molecule has 4 heteroatoms. The Kier molecular flexibility index (Phi) is 3.37. The number of nitriles is 1. The van der Waals surface area contributed by atoms with E-state index in [1.165, 1.54) is 12.8 Å². The minimum absolute atomic E-state index is 0.598. The first-order chi connectivity index (χ1) is 7.79. The van der Waals surface area contributed by atoms with E-state index in [2.05, 4.69) is 28.3 Å². The molecule has 84 valence electrons. The van der Waals surface area contributed by atoms with E-state index in [-0.39, 0.29) is 0 Å². The molecule has 1 saturated carbocycles. The maximum absolute atomic E-state index is 8.63. The average Bonchev–Trinajstić information content (AvgIpc) is 3.14. The van der Waals surface area contributed by atoms with Crippen molar-refractivity contribution in [3.05, 3.63) is 23.9 Å². The lowest BCUT2D eigenvalue weighted by Gasteiger charge is -2.15. The number of nitrogens with zero attached hydrogens (tertiary/aromatic N) is 3. The number of aromatic nitrogens is 1. The lowest BCUT2D eigenvalue weighted by atomic mass is 10.3. The molecule has 0 atom stereocenters. The SMILES string of the molecule is CN(CCNc1ccc(C#N)cn1)C1CC1. The summed E-state index contributed by atoms with van der Waals surface area (Å²) in [5, 5.41) is 11.9. The third-order valence-corrected chi connectivity index (χ3v) is 2.83. The van der Waals surface area contributed by atoms with Gasteiger partial charge in [-0.15, -0.1) is 0 Å². The summed E-state index contributed by atoms with van der Waals surface area (Å²) >= 11 is 0. The summed E-state index contributed by atoms with van der Waals surface area (Å²) in [4.78, 5) is 6.53. The van der Waals surface area contributed by atoms with Crippen LogP contribution in [0.3, 0.4) is 0 Å². The normalized spacial score (nSPS) is 14.8. The molecule has 0 aromatic carbocycles. The van der Waals surface area contributed by atoms with E-state index < -0.39 is 0 Å². The van der Waals surface area contributed by atoms with Crippen LogP contribution < -0.4 is 5.32 Å². The Labute approximate surface area is 95.9 Å². The lowest BCUT2D eigenvalue weighted by molar-refractivity contribution is 0.337. The molecule has 1 fully saturated rings. The van der Waals surface area contributed by atoms with Crippen molar-refractivity contribution in [2.75, 3.05) is 25.5 Å². The standard InChI is InChI=1S/C12H16N4/c1-16(11-3-4-11)7-6-14-12-5-2-10(8-13)9-15-12/h2,5,9,11H,3-4,6-7H2,1H3,(H,14,15). The van der Waals surface area contributed by atoms with Crippen molar-refractivity contribution < 1.29 is 0 Å². The lowest BCUT2D eigenvalue weighted by Crippen LogP contribution is -2.27. The molecule has 0 spiro atoms. The molecule has 4 nitrogen and oxygen atoms in total. The van der Waals surface area contributed by atoms with Gasteiger partial charge in [0.05, 0.1) is 5.56 Å². The number of rotatable bonds is 5. The third-order valence-electron chi connectivity index (χ3n) is 2.83. The van der Waals surface area contributed by atoms with Gasteiger partial charge in [-0.3, -0.25) is 0 Å². The van der Waals surface area contributed by atoms with Crippen molar-refractivity contribution in [3.63, 3.8) is 0 Å². The van der Waals surface area contributed by atoms with Crippen molar-refractivity contribution in [3.8, 4) is 6.07 Å². The highest BCUT2D eigenvalue weighted by Gasteiger charge is 2.25. The second-order valence-corrected chi connectivity index (χ2v) is 4.18. The first-order valence-corrected chi connectivity index (χ1v) is 5.60. The molecule has 1 aliphatic rings. The quantitative estimate of drug-likeness (QED) is 0.809. The van der Waals surface area contributed by atoms with Gasteiger partial charge in [-0.25, -0.2) is 4.98 Å². The minimum atomic E-state index is 0.598. The van der Waals surface area contributed by atoms with Crippen molar-refractivity contribution in [2.24, 2.45) is 0 Å². The van der Waals surface area contributed by atoms with E-state index in [0.29, 0.717) is 5.56 Å². The van der Waals surface area contributed by atoms with Gasteiger partial charge in [0.25, 0.3) is 0 Å². The topological polar surface area (TPSA) is 52.0 Å². The van der Waals surface area contributed by atoms with Gasteiger partial charge in [0, 0.05) is 25.3 Å². The average molecular weight is 216 g/mol. The zero-order valence-corrected chi connectivity index (χ0v) is 9.48. The maximum Gasteiger partial charge on any atom is 0.126 e. The van der Waals surface area contributed by atoms with E-state index in [0.717, 1.165) is 24.9 Å².